The van der Waals surface area contributed by atoms with Gasteiger partial charge in [0.25, 0.3) is 15.9 Å². The van der Waals surface area contributed by atoms with E-state index in [9.17, 15) is 18.0 Å². The molecule has 1 unspecified atom stereocenters. The van der Waals surface area contributed by atoms with Gasteiger partial charge in [0.05, 0.1) is 16.1 Å². The molecule has 0 aliphatic carbocycles. The summed E-state index contributed by atoms with van der Waals surface area (Å²) < 4.78 is 31.7. The van der Waals surface area contributed by atoms with Crippen molar-refractivity contribution in [3.8, 4) is 0 Å². The van der Waals surface area contributed by atoms with Gasteiger partial charge in [0, 0.05) is 13.6 Å². The van der Waals surface area contributed by atoms with Crippen LogP contribution in [-0.2, 0) is 19.6 Å². The minimum atomic E-state index is -3.76. The van der Waals surface area contributed by atoms with E-state index in [-0.39, 0.29) is 10.5 Å². The standard InChI is InChI=1S/C19H22N2O5S/c1-4-20-18(22)14(2)26-19(23)15-10-12-17(13-11-15)27(24,25)21(3)16-8-6-5-7-9-16/h5-14H,4H2,1-3H3,(H,20,22). The molecular formula is C19H22N2O5S. The van der Waals surface area contributed by atoms with Crippen molar-refractivity contribution in [1.82, 2.24) is 5.32 Å². The predicted molar refractivity (Wildman–Crippen MR) is 102 cm³/mol. The van der Waals surface area contributed by atoms with Gasteiger partial charge in [0.1, 0.15) is 0 Å². The van der Waals surface area contributed by atoms with E-state index in [1.165, 1.54) is 38.2 Å². The van der Waals surface area contributed by atoms with Crippen molar-refractivity contribution in [2.24, 2.45) is 0 Å². The van der Waals surface area contributed by atoms with Crippen LogP contribution in [0.1, 0.15) is 24.2 Å². The number of sulfonamides is 1. The molecule has 0 bridgehead atoms. The Hall–Kier alpha value is -2.87. The molecule has 2 aromatic carbocycles. The number of anilines is 1. The van der Waals surface area contributed by atoms with Crippen LogP contribution < -0.4 is 9.62 Å². The summed E-state index contributed by atoms with van der Waals surface area (Å²) in [5, 5.41) is 2.56. The second-order valence-corrected chi connectivity index (χ2v) is 7.74. The van der Waals surface area contributed by atoms with Crippen molar-refractivity contribution in [2.75, 3.05) is 17.9 Å². The van der Waals surface area contributed by atoms with Gasteiger partial charge in [-0.05, 0) is 50.2 Å². The van der Waals surface area contributed by atoms with Crippen LogP contribution in [0.4, 0.5) is 5.69 Å². The van der Waals surface area contributed by atoms with E-state index in [1.54, 1.807) is 37.3 Å². The van der Waals surface area contributed by atoms with E-state index in [0.29, 0.717) is 12.2 Å². The van der Waals surface area contributed by atoms with Crippen LogP contribution in [0.25, 0.3) is 0 Å². The molecule has 1 N–H and O–H groups in total. The van der Waals surface area contributed by atoms with Gasteiger partial charge in [0.2, 0.25) is 0 Å². The highest BCUT2D eigenvalue weighted by atomic mass is 32.2. The highest BCUT2D eigenvalue weighted by Crippen LogP contribution is 2.22. The molecule has 0 aliphatic heterocycles. The zero-order chi connectivity index (χ0) is 20.0. The molecule has 0 saturated heterocycles. The minimum absolute atomic E-state index is 0.0437. The van der Waals surface area contributed by atoms with Crippen molar-refractivity contribution in [1.29, 1.82) is 0 Å². The first-order chi connectivity index (χ1) is 12.8. The highest BCUT2D eigenvalue weighted by Gasteiger charge is 2.22. The quantitative estimate of drug-likeness (QED) is 0.732. The zero-order valence-electron chi connectivity index (χ0n) is 15.4. The molecule has 8 heteroatoms. The molecule has 0 aromatic heterocycles. The van der Waals surface area contributed by atoms with Crippen LogP contribution in [0.2, 0.25) is 0 Å². The number of hydrogen-bond acceptors (Lipinski definition) is 5. The molecule has 0 fully saturated rings. The van der Waals surface area contributed by atoms with E-state index in [0.717, 1.165) is 4.31 Å². The fraction of sp³-hybridized carbons (Fsp3) is 0.263. The number of esters is 1. The second kappa shape index (κ2) is 8.68. The van der Waals surface area contributed by atoms with Gasteiger partial charge in [-0.3, -0.25) is 9.10 Å². The summed E-state index contributed by atoms with van der Waals surface area (Å²) in [5.41, 5.74) is 0.684. The summed E-state index contributed by atoms with van der Waals surface area (Å²) in [6.07, 6.45) is -0.940. The normalized spacial score (nSPS) is 12.1. The molecule has 144 valence electrons. The van der Waals surface area contributed by atoms with E-state index in [4.69, 9.17) is 4.74 Å². The molecule has 0 spiro atoms. The number of para-hydroxylation sites is 1. The van der Waals surface area contributed by atoms with E-state index >= 15 is 0 Å². The maximum Gasteiger partial charge on any atom is 0.338 e. The Morgan fingerprint density at radius 2 is 1.67 bits per heavy atom. The Bertz CT molecular complexity index is 895. The second-order valence-electron chi connectivity index (χ2n) is 5.77. The summed E-state index contributed by atoms with van der Waals surface area (Å²) in [6, 6.07) is 14.1. The molecule has 0 saturated carbocycles. The number of likely N-dealkylation sites (N-methyl/N-ethyl adjacent to an activating group) is 1. The predicted octanol–water partition coefficient (Wildman–Crippen LogP) is 2.19. The molecule has 7 nitrogen and oxygen atoms in total. The Morgan fingerprint density at radius 1 is 1.07 bits per heavy atom. The molecule has 0 heterocycles. The maximum atomic E-state index is 12.7. The first-order valence-electron chi connectivity index (χ1n) is 8.40. The van der Waals surface area contributed by atoms with Gasteiger partial charge in [0.15, 0.2) is 6.10 Å². The Balaban J connectivity index is 2.14. The topological polar surface area (TPSA) is 92.8 Å². The third-order valence-corrected chi connectivity index (χ3v) is 5.67. The molecule has 1 atom stereocenters. The Labute approximate surface area is 159 Å². The van der Waals surface area contributed by atoms with Crippen molar-refractivity contribution in [3.05, 3.63) is 60.2 Å². The van der Waals surface area contributed by atoms with Crippen LogP contribution in [0.5, 0.6) is 0 Å². The minimum Gasteiger partial charge on any atom is -0.449 e. The van der Waals surface area contributed by atoms with Gasteiger partial charge in [-0.25, -0.2) is 13.2 Å². The Kier molecular flexibility index (Phi) is 6.57. The largest absolute Gasteiger partial charge is 0.449 e. The number of carbonyl (C=O) groups excluding carboxylic acids is 2. The smallest absolute Gasteiger partial charge is 0.338 e. The number of nitrogens with zero attached hydrogens (tertiary/aromatic N) is 1. The third-order valence-electron chi connectivity index (χ3n) is 3.87. The van der Waals surface area contributed by atoms with Crippen LogP contribution in [0.15, 0.2) is 59.5 Å². The van der Waals surface area contributed by atoms with Crippen molar-refractivity contribution >= 4 is 27.6 Å². The summed E-state index contributed by atoms with van der Waals surface area (Å²) in [6.45, 7) is 3.66. The van der Waals surface area contributed by atoms with Gasteiger partial charge >= 0.3 is 5.97 Å². The van der Waals surface area contributed by atoms with E-state index in [1.807, 2.05) is 0 Å². The van der Waals surface area contributed by atoms with Gasteiger partial charge in [-0.15, -0.1) is 0 Å². The van der Waals surface area contributed by atoms with Gasteiger partial charge in [-0.1, -0.05) is 18.2 Å². The number of rotatable bonds is 7. The van der Waals surface area contributed by atoms with Crippen molar-refractivity contribution in [3.63, 3.8) is 0 Å². The van der Waals surface area contributed by atoms with Crippen molar-refractivity contribution < 1.29 is 22.7 Å². The average Bonchev–Trinajstić information content (AvgIpc) is 2.68. The van der Waals surface area contributed by atoms with E-state index < -0.39 is 28.0 Å². The lowest BCUT2D eigenvalue weighted by atomic mass is 10.2. The molecule has 1 amide bonds. The molecular weight excluding hydrogens is 368 g/mol. The molecule has 0 radical (unpaired) electrons. The SMILES string of the molecule is CCNC(=O)C(C)OC(=O)c1ccc(S(=O)(=O)N(C)c2ccccc2)cc1. The first kappa shape index (κ1) is 20.4. The highest BCUT2D eigenvalue weighted by molar-refractivity contribution is 7.92. The molecule has 0 aliphatic rings. The van der Waals surface area contributed by atoms with Crippen LogP contribution >= 0.6 is 0 Å². The zero-order valence-corrected chi connectivity index (χ0v) is 16.2. The van der Waals surface area contributed by atoms with E-state index in [2.05, 4.69) is 5.32 Å². The number of carbonyl (C=O) groups is 2. The molecule has 2 aromatic rings. The maximum absolute atomic E-state index is 12.7. The summed E-state index contributed by atoms with van der Waals surface area (Å²) in [5.74, 6) is -1.09. The third kappa shape index (κ3) is 4.85. The fourth-order valence-electron chi connectivity index (χ4n) is 2.30. The van der Waals surface area contributed by atoms with Crippen LogP contribution in [0.3, 0.4) is 0 Å². The summed E-state index contributed by atoms with van der Waals surface area (Å²) in [4.78, 5) is 23.8. The van der Waals surface area contributed by atoms with Crippen LogP contribution in [-0.4, -0.2) is 40.0 Å². The first-order valence-corrected chi connectivity index (χ1v) is 9.84. The van der Waals surface area contributed by atoms with Gasteiger partial charge in [-0.2, -0.15) is 0 Å². The fourth-order valence-corrected chi connectivity index (χ4v) is 3.49. The number of ether oxygens (including phenoxy) is 1. The number of amides is 1. The lowest BCUT2D eigenvalue weighted by Gasteiger charge is -2.19. The van der Waals surface area contributed by atoms with Gasteiger partial charge < -0.3 is 10.1 Å². The molecule has 27 heavy (non-hydrogen) atoms. The van der Waals surface area contributed by atoms with Crippen molar-refractivity contribution in [2.45, 2.75) is 24.8 Å². The lowest BCUT2D eigenvalue weighted by Crippen LogP contribution is -2.35. The van der Waals surface area contributed by atoms with Crippen LogP contribution in [0, 0.1) is 0 Å². The monoisotopic (exact) mass is 390 g/mol. The summed E-state index contributed by atoms with van der Waals surface area (Å²) in [7, 11) is -2.30. The molecule has 2 rings (SSSR count). The average molecular weight is 390 g/mol. The number of benzene rings is 2. The number of hydrogen-bond donors (Lipinski definition) is 1. The Morgan fingerprint density at radius 3 is 2.22 bits per heavy atom. The number of nitrogens with one attached hydrogen (secondary N) is 1. The summed E-state index contributed by atoms with van der Waals surface area (Å²) >= 11 is 0. The lowest BCUT2D eigenvalue weighted by molar-refractivity contribution is -0.128.